The third-order valence-corrected chi connectivity index (χ3v) is 2.91. The Hall–Kier alpha value is -0.0400. The summed E-state index contributed by atoms with van der Waals surface area (Å²) in [6.45, 7) is 9.28. The van der Waals surface area contributed by atoms with E-state index in [1.54, 1.807) is 0 Å². The Balaban J connectivity index is 0.000000322. The zero-order valence-corrected chi connectivity index (χ0v) is 9.95. The van der Waals surface area contributed by atoms with Gasteiger partial charge in [-0.05, 0) is 25.8 Å². The lowest BCUT2D eigenvalue weighted by atomic mass is 9.75. The molecule has 1 aliphatic carbocycles. The van der Waals surface area contributed by atoms with Gasteiger partial charge >= 0.3 is 0 Å². The second-order valence-corrected chi connectivity index (χ2v) is 3.52. The fourth-order valence-electron chi connectivity index (χ4n) is 2.13. The Morgan fingerprint density at radius 2 is 1.23 bits per heavy atom. The van der Waals surface area contributed by atoms with Gasteiger partial charge in [-0.2, -0.15) is 0 Å². The van der Waals surface area contributed by atoms with Crippen LogP contribution in [-0.4, -0.2) is 12.1 Å². The highest BCUT2D eigenvalue weighted by molar-refractivity contribution is 4.97. The van der Waals surface area contributed by atoms with Crippen molar-refractivity contribution in [3.8, 4) is 0 Å². The first-order valence-corrected chi connectivity index (χ1v) is 6.16. The van der Waals surface area contributed by atoms with E-state index in [2.05, 4.69) is 5.32 Å². The summed E-state index contributed by atoms with van der Waals surface area (Å²) in [5.41, 5.74) is 0.651. The van der Waals surface area contributed by atoms with Gasteiger partial charge in [0.05, 0.1) is 0 Å². The number of nitrogens with one attached hydrogen (secondary N) is 1. The van der Waals surface area contributed by atoms with Crippen molar-refractivity contribution in [3.05, 3.63) is 0 Å². The Labute approximate surface area is 84.3 Å². The molecule has 0 radical (unpaired) electrons. The van der Waals surface area contributed by atoms with Crippen molar-refractivity contribution in [2.75, 3.05) is 6.54 Å². The van der Waals surface area contributed by atoms with Crippen LogP contribution in [0.2, 0.25) is 0 Å². The van der Waals surface area contributed by atoms with Gasteiger partial charge in [0.25, 0.3) is 0 Å². The maximum atomic E-state index is 3.56. The average molecular weight is 185 g/mol. The molecule has 0 aromatic heterocycles. The van der Waals surface area contributed by atoms with Crippen LogP contribution in [0.15, 0.2) is 0 Å². The van der Waals surface area contributed by atoms with E-state index in [4.69, 9.17) is 0 Å². The zero-order valence-electron chi connectivity index (χ0n) is 9.95. The molecule has 1 N–H and O–H groups in total. The van der Waals surface area contributed by atoms with E-state index in [-0.39, 0.29) is 0 Å². The van der Waals surface area contributed by atoms with E-state index in [1.165, 1.54) is 45.1 Å². The summed E-state index contributed by atoms with van der Waals surface area (Å²) in [4.78, 5) is 0. The van der Waals surface area contributed by atoms with Crippen molar-refractivity contribution in [3.63, 3.8) is 0 Å². The molecule has 0 aromatic rings. The van der Waals surface area contributed by atoms with Crippen LogP contribution >= 0.6 is 0 Å². The largest absolute Gasteiger partial charge is 0.311 e. The molecule has 0 unspecified atom stereocenters. The Bertz CT molecular complexity index is 97.7. The fourth-order valence-corrected chi connectivity index (χ4v) is 2.13. The van der Waals surface area contributed by atoms with Crippen LogP contribution < -0.4 is 5.32 Å². The highest BCUT2D eigenvalue weighted by Crippen LogP contribution is 2.34. The quantitative estimate of drug-likeness (QED) is 0.606. The monoisotopic (exact) mass is 185 g/mol. The van der Waals surface area contributed by atoms with Gasteiger partial charge in [-0.1, -0.05) is 47.0 Å². The smallest absolute Gasteiger partial charge is 0.0193 e. The summed E-state index contributed by atoms with van der Waals surface area (Å²) in [5, 5.41) is 3.56. The van der Waals surface area contributed by atoms with Crippen LogP contribution in [0.25, 0.3) is 0 Å². The van der Waals surface area contributed by atoms with Crippen molar-refractivity contribution in [1.82, 2.24) is 5.32 Å². The Morgan fingerprint density at radius 1 is 0.769 bits per heavy atom. The zero-order chi connectivity index (χ0) is 10.2. The number of hydrogen-bond acceptors (Lipinski definition) is 1. The topological polar surface area (TPSA) is 12.0 Å². The predicted molar refractivity (Wildman–Crippen MR) is 61.1 cm³/mol. The van der Waals surface area contributed by atoms with Crippen LogP contribution in [0, 0.1) is 0 Å². The third kappa shape index (κ3) is 3.68. The van der Waals surface area contributed by atoms with Crippen molar-refractivity contribution in [1.29, 1.82) is 0 Å². The first-order chi connectivity index (χ1) is 6.41. The van der Waals surface area contributed by atoms with E-state index in [1.807, 2.05) is 27.7 Å². The maximum absolute atomic E-state index is 3.56. The van der Waals surface area contributed by atoms with E-state index >= 15 is 0 Å². The lowest BCUT2D eigenvalue weighted by Gasteiger charge is -2.46. The van der Waals surface area contributed by atoms with E-state index in [9.17, 15) is 0 Å². The molecule has 0 bridgehead atoms. The van der Waals surface area contributed by atoms with Gasteiger partial charge in [-0.15, -0.1) is 0 Å². The first kappa shape index (κ1) is 13.0. The molecule has 0 aromatic carbocycles. The fraction of sp³-hybridized carbons (Fsp3) is 1.00. The van der Waals surface area contributed by atoms with E-state index in [0.29, 0.717) is 5.54 Å². The molecule has 0 atom stereocenters. The molecule has 2 fully saturated rings. The molecule has 1 heterocycles. The van der Waals surface area contributed by atoms with Crippen LogP contribution in [0.5, 0.6) is 0 Å². The van der Waals surface area contributed by atoms with Gasteiger partial charge in [0.1, 0.15) is 0 Å². The molecule has 1 spiro atoms. The van der Waals surface area contributed by atoms with Crippen molar-refractivity contribution in [2.45, 2.75) is 71.8 Å². The van der Waals surface area contributed by atoms with Gasteiger partial charge in [-0.3, -0.25) is 0 Å². The van der Waals surface area contributed by atoms with Gasteiger partial charge < -0.3 is 5.32 Å². The van der Waals surface area contributed by atoms with Crippen LogP contribution in [-0.2, 0) is 0 Å². The van der Waals surface area contributed by atoms with Crippen molar-refractivity contribution < 1.29 is 0 Å². The average Bonchev–Trinajstić information content (AvgIpc) is 2.23. The summed E-state index contributed by atoms with van der Waals surface area (Å²) >= 11 is 0. The predicted octanol–water partition coefficient (Wildman–Crippen LogP) is 3.74. The third-order valence-electron chi connectivity index (χ3n) is 2.91. The molecule has 1 saturated heterocycles. The molecular formula is C12H27N. The molecule has 1 aliphatic heterocycles. The molecule has 2 rings (SSSR count). The van der Waals surface area contributed by atoms with E-state index in [0.717, 1.165) is 0 Å². The van der Waals surface area contributed by atoms with Gasteiger partial charge in [0.15, 0.2) is 0 Å². The first-order valence-electron chi connectivity index (χ1n) is 6.16. The van der Waals surface area contributed by atoms with Gasteiger partial charge in [0.2, 0.25) is 0 Å². The Morgan fingerprint density at radius 3 is 1.46 bits per heavy atom. The molecule has 1 nitrogen and oxygen atoms in total. The second kappa shape index (κ2) is 7.37. The normalized spacial score (nSPS) is 23.1. The van der Waals surface area contributed by atoms with Crippen LogP contribution in [0.1, 0.15) is 66.2 Å². The number of rotatable bonds is 0. The molecule has 0 amide bonds. The lowest BCUT2D eigenvalue weighted by Crippen LogP contribution is -2.57. The molecule has 13 heavy (non-hydrogen) atoms. The molecule has 80 valence electrons. The van der Waals surface area contributed by atoms with Crippen LogP contribution in [0.3, 0.4) is 0 Å². The highest BCUT2D eigenvalue weighted by atomic mass is 15.0. The maximum Gasteiger partial charge on any atom is 0.0193 e. The molecular weight excluding hydrogens is 158 g/mol. The minimum absolute atomic E-state index is 0.651. The molecule has 1 heteroatoms. The number of hydrogen-bond donors (Lipinski definition) is 1. The van der Waals surface area contributed by atoms with Gasteiger partial charge in [0, 0.05) is 5.54 Å². The minimum Gasteiger partial charge on any atom is -0.311 e. The van der Waals surface area contributed by atoms with Crippen molar-refractivity contribution >= 4 is 0 Å². The molecule has 2 aliphatic rings. The molecule has 1 saturated carbocycles. The summed E-state index contributed by atoms with van der Waals surface area (Å²) in [7, 11) is 0. The van der Waals surface area contributed by atoms with Crippen LogP contribution in [0.4, 0.5) is 0 Å². The SMILES string of the molecule is C1CCC2(CC1)CCN2.CC.CC. The standard InChI is InChI=1S/C8H15N.2C2H6/c1-2-4-8(5-3-1)6-7-9-8;2*1-2/h9H,1-7H2;2*1-2H3. The summed E-state index contributed by atoms with van der Waals surface area (Å²) in [5.74, 6) is 0. The van der Waals surface area contributed by atoms with Crippen molar-refractivity contribution in [2.24, 2.45) is 0 Å². The summed E-state index contributed by atoms with van der Waals surface area (Å²) in [6, 6.07) is 0. The second-order valence-electron chi connectivity index (χ2n) is 3.52. The minimum atomic E-state index is 0.651. The Kier molecular flexibility index (Phi) is 7.35. The van der Waals surface area contributed by atoms with Gasteiger partial charge in [-0.25, -0.2) is 0 Å². The summed E-state index contributed by atoms with van der Waals surface area (Å²) in [6.07, 6.45) is 8.76. The summed E-state index contributed by atoms with van der Waals surface area (Å²) < 4.78 is 0. The highest BCUT2D eigenvalue weighted by Gasteiger charge is 2.36. The lowest BCUT2D eigenvalue weighted by molar-refractivity contribution is 0.144. The van der Waals surface area contributed by atoms with E-state index < -0.39 is 0 Å².